The number of rotatable bonds is 5. The number of hydrogen-bond donors (Lipinski definition) is 0. The molecule has 0 aromatic carbocycles. The summed E-state index contributed by atoms with van der Waals surface area (Å²) in [6.45, 7) is 17.1. The van der Waals surface area contributed by atoms with Gasteiger partial charge in [0.2, 0.25) is 0 Å². The lowest BCUT2D eigenvalue weighted by molar-refractivity contribution is 0.293. The monoisotopic (exact) mass is 227 g/mol. The normalized spacial score (nSPS) is 12.1. The first-order chi connectivity index (χ1) is 6.62. The van der Waals surface area contributed by atoms with Crippen LogP contribution in [0.4, 0.5) is 0 Å². The van der Waals surface area contributed by atoms with E-state index < -0.39 is 0 Å². The maximum absolute atomic E-state index is 5.51. The molecule has 0 heterocycles. The average molecular weight is 227 g/mol. The Morgan fingerprint density at radius 2 is 1.60 bits per heavy atom. The van der Waals surface area contributed by atoms with Gasteiger partial charge >= 0.3 is 0 Å². The molecule has 0 aliphatic rings. The third-order valence-corrected chi connectivity index (χ3v) is 4.04. The molecule has 0 amide bonds. The van der Waals surface area contributed by atoms with Crippen LogP contribution in [-0.2, 0) is 0 Å². The number of thiocarbonyl (C=S) groups is 1. The van der Waals surface area contributed by atoms with Crippen LogP contribution in [0.5, 0.6) is 0 Å². The predicted octanol–water partition coefficient (Wildman–Crippen LogP) is 3.89. The Hall–Kier alpha value is -0.370. The van der Waals surface area contributed by atoms with Crippen LogP contribution in [0.15, 0.2) is 12.3 Å². The van der Waals surface area contributed by atoms with Gasteiger partial charge in [0.15, 0.2) is 0 Å². The van der Waals surface area contributed by atoms with E-state index in [9.17, 15) is 0 Å². The van der Waals surface area contributed by atoms with Crippen molar-refractivity contribution in [2.24, 2.45) is 11.3 Å². The van der Waals surface area contributed by atoms with Gasteiger partial charge in [0, 0.05) is 29.1 Å². The average Bonchev–Trinajstić information content (AvgIpc) is 2.13. The van der Waals surface area contributed by atoms with Crippen LogP contribution in [0, 0.1) is 11.3 Å². The van der Waals surface area contributed by atoms with Crippen molar-refractivity contribution in [3.05, 3.63) is 12.3 Å². The Labute approximate surface area is 101 Å². The summed E-state index contributed by atoms with van der Waals surface area (Å²) in [5.41, 5.74) is 1.01. The smallest absolute Gasteiger partial charge is 0.0355 e. The first-order valence-electron chi connectivity index (χ1n) is 5.58. The molecule has 0 spiro atoms. The molecule has 1 nitrogen and oxygen atoms in total. The Morgan fingerprint density at radius 3 is 1.87 bits per heavy atom. The zero-order valence-corrected chi connectivity index (χ0v) is 12.0. The van der Waals surface area contributed by atoms with Gasteiger partial charge in [-0.2, -0.15) is 0 Å². The van der Waals surface area contributed by atoms with E-state index in [0.717, 1.165) is 10.6 Å². The zero-order valence-electron chi connectivity index (χ0n) is 11.2. The van der Waals surface area contributed by atoms with Crippen molar-refractivity contribution >= 4 is 17.1 Å². The quantitative estimate of drug-likeness (QED) is 0.656. The summed E-state index contributed by atoms with van der Waals surface area (Å²) in [4.78, 5) is 3.29. The summed E-state index contributed by atoms with van der Waals surface area (Å²) in [5, 5.41) is 0. The van der Waals surface area contributed by atoms with E-state index >= 15 is 0 Å². The van der Waals surface area contributed by atoms with Gasteiger partial charge in [0.1, 0.15) is 0 Å². The number of hydrogen-bond acceptors (Lipinski definition) is 2. The van der Waals surface area contributed by atoms with Crippen LogP contribution < -0.4 is 0 Å². The molecule has 0 aliphatic carbocycles. The number of allylic oxidation sites excluding steroid dienone is 1. The summed E-state index contributed by atoms with van der Waals surface area (Å²) < 4.78 is 0. The summed E-state index contributed by atoms with van der Waals surface area (Å²) in [6.07, 6.45) is 0. The summed E-state index contributed by atoms with van der Waals surface area (Å²) >= 11 is 5.51. The van der Waals surface area contributed by atoms with Gasteiger partial charge < -0.3 is 4.90 Å². The highest BCUT2D eigenvalue weighted by Gasteiger charge is 2.31. The lowest BCUT2D eigenvalue weighted by atomic mass is 9.80. The largest absolute Gasteiger partial charge is 0.375 e. The molecule has 15 heavy (non-hydrogen) atoms. The van der Waals surface area contributed by atoms with E-state index in [2.05, 4.69) is 60.1 Å². The highest BCUT2D eigenvalue weighted by molar-refractivity contribution is 7.80. The van der Waals surface area contributed by atoms with Gasteiger partial charge in [-0.1, -0.05) is 32.6 Å². The molecule has 0 rings (SSSR count). The SMILES string of the molecule is C=C(N(C)C(C)C)C(C)(C)C(=S)C(C)C. The van der Waals surface area contributed by atoms with E-state index in [-0.39, 0.29) is 5.41 Å². The fraction of sp³-hybridized carbons (Fsp3) is 0.769. The van der Waals surface area contributed by atoms with Crippen molar-refractivity contribution in [2.45, 2.75) is 47.6 Å². The minimum Gasteiger partial charge on any atom is -0.375 e. The first kappa shape index (κ1) is 14.6. The molecule has 2 heteroatoms. The molecule has 0 radical (unpaired) electrons. The molecule has 88 valence electrons. The third kappa shape index (κ3) is 3.30. The van der Waals surface area contributed by atoms with Crippen LogP contribution in [0.25, 0.3) is 0 Å². The fourth-order valence-electron chi connectivity index (χ4n) is 1.62. The maximum atomic E-state index is 5.51. The summed E-state index contributed by atoms with van der Waals surface area (Å²) in [5.74, 6) is 0.423. The van der Waals surface area contributed by atoms with Gasteiger partial charge in [-0.05, 0) is 33.6 Å². The molecule has 0 atom stereocenters. The van der Waals surface area contributed by atoms with Gasteiger partial charge in [0.05, 0.1) is 0 Å². The molecule has 0 aromatic heterocycles. The van der Waals surface area contributed by atoms with E-state index in [0.29, 0.717) is 12.0 Å². The highest BCUT2D eigenvalue weighted by atomic mass is 32.1. The van der Waals surface area contributed by atoms with Crippen molar-refractivity contribution in [3.63, 3.8) is 0 Å². The second-order valence-electron chi connectivity index (χ2n) is 5.30. The molecule has 0 saturated carbocycles. The third-order valence-electron chi connectivity index (χ3n) is 3.06. The Balaban J connectivity index is 4.88. The standard InChI is InChI=1S/C13H25NS/c1-9(2)12(15)13(6,7)11(5)14(8)10(3)4/h9-10H,5H2,1-4,6-8H3. The topological polar surface area (TPSA) is 3.24 Å². The highest BCUT2D eigenvalue weighted by Crippen LogP contribution is 2.32. The molecule has 0 saturated heterocycles. The van der Waals surface area contributed by atoms with Gasteiger partial charge in [-0.3, -0.25) is 0 Å². The van der Waals surface area contributed by atoms with Gasteiger partial charge in [-0.15, -0.1) is 0 Å². The summed E-state index contributed by atoms with van der Waals surface area (Å²) in [7, 11) is 2.08. The van der Waals surface area contributed by atoms with E-state index in [4.69, 9.17) is 12.2 Å². The van der Waals surface area contributed by atoms with Crippen LogP contribution in [0.1, 0.15) is 41.5 Å². The predicted molar refractivity (Wildman–Crippen MR) is 73.3 cm³/mol. The molecule has 0 aromatic rings. The zero-order chi connectivity index (χ0) is 12.4. The first-order valence-corrected chi connectivity index (χ1v) is 5.99. The van der Waals surface area contributed by atoms with Crippen LogP contribution >= 0.6 is 12.2 Å². The van der Waals surface area contributed by atoms with Crippen LogP contribution in [0.2, 0.25) is 0 Å². The molecular weight excluding hydrogens is 202 g/mol. The Morgan fingerprint density at radius 1 is 1.20 bits per heavy atom. The lowest BCUT2D eigenvalue weighted by Gasteiger charge is -2.38. The van der Waals surface area contributed by atoms with Crippen LogP contribution in [-0.4, -0.2) is 22.9 Å². The fourth-order valence-corrected chi connectivity index (χ4v) is 1.73. The Kier molecular flexibility index (Phi) is 4.98. The maximum Gasteiger partial charge on any atom is 0.0355 e. The second kappa shape index (κ2) is 5.11. The second-order valence-corrected chi connectivity index (χ2v) is 5.74. The molecule has 0 bridgehead atoms. The minimum absolute atomic E-state index is 0.0947. The van der Waals surface area contributed by atoms with E-state index in [1.807, 2.05) is 0 Å². The van der Waals surface area contributed by atoms with Crippen molar-refractivity contribution < 1.29 is 0 Å². The Bertz CT molecular complexity index is 251. The minimum atomic E-state index is -0.0947. The van der Waals surface area contributed by atoms with Gasteiger partial charge in [0.25, 0.3) is 0 Å². The molecule has 0 fully saturated rings. The van der Waals surface area contributed by atoms with Gasteiger partial charge in [-0.25, -0.2) is 0 Å². The molecule has 0 aliphatic heterocycles. The lowest BCUT2D eigenvalue weighted by Crippen LogP contribution is -2.38. The molecule has 0 unspecified atom stereocenters. The molecule has 0 N–H and O–H groups in total. The molecular formula is C13H25NS. The van der Waals surface area contributed by atoms with Crippen molar-refractivity contribution in [1.82, 2.24) is 4.90 Å². The van der Waals surface area contributed by atoms with Crippen molar-refractivity contribution in [2.75, 3.05) is 7.05 Å². The summed E-state index contributed by atoms with van der Waals surface area (Å²) in [6, 6.07) is 0.465. The van der Waals surface area contributed by atoms with Crippen LogP contribution in [0.3, 0.4) is 0 Å². The number of nitrogens with zero attached hydrogens (tertiary/aromatic N) is 1. The van der Waals surface area contributed by atoms with Crippen molar-refractivity contribution in [1.29, 1.82) is 0 Å². The van der Waals surface area contributed by atoms with E-state index in [1.165, 1.54) is 0 Å². The van der Waals surface area contributed by atoms with Crippen molar-refractivity contribution in [3.8, 4) is 0 Å². The van der Waals surface area contributed by atoms with E-state index in [1.54, 1.807) is 0 Å².